The minimum Gasteiger partial charge on any atom is -0.495 e. The highest BCUT2D eigenvalue weighted by molar-refractivity contribution is 9.10. The maximum Gasteiger partial charge on any atom is 0.340 e. The number of para-hydroxylation sites is 1. The van der Waals surface area contributed by atoms with Crippen LogP contribution < -0.4 is 10.1 Å². The number of ether oxygens (including phenoxy) is 2. The number of hydrogen-bond acceptors (Lipinski definition) is 5. The summed E-state index contributed by atoms with van der Waals surface area (Å²) < 4.78 is 17.2. The van der Waals surface area contributed by atoms with E-state index in [4.69, 9.17) is 13.9 Å². The van der Waals surface area contributed by atoms with Gasteiger partial charge in [-0.25, -0.2) is 4.79 Å². The quantitative estimate of drug-likeness (QED) is 0.389. The van der Waals surface area contributed by atoms with E-state index < -0.39 is 18.0 Å². The number of benzene rings is 3. The first kappa shape index (κ1) is 20.0. The summed E-state index contributed by atoms with van der Waals surface area (Å²) in [5.41, 5.74) is 2.13. The summed E-state index contributed by atoms with van der Waals surface area (Å²) in [5.74, 6) is -0.597. The molecule has 3 aromatic carbocycles. The first-order valence-electron chi connectivity index (χ1n) is 9.23. The van der Waals surface area contributed by atoms with Crippen molar-refractivity contribution >= 4 is 55.4 Å². The lowest BCUT2D eigenvalue weighted by Crippen LogP contribution is -2.30. The number of hydrogen-bond donors (Lipinski definition) is 1. The molecule has 0 aliphatic heterocycles. The van der Waals surface area contributed by atoms with E-state index in [1.807, 2.05) is 30.3 Å². The van der Waals surface area contributed by atoms with Crippen molar-refractivity contribution in [2.24, 2.45) is 0 Å². The first-order valence-corrected chi connectivity index (χ1v) is 10.0. The van der Waals surface area contributed by atoms with E-state index in [1.54, 1.807) is 30.3 Å². The number of anilines is 1. The van der Waals surface area contributed by atoms with Crippen molar-refractivity contribution in [1.29, 1.82) is 0 Å². The average molecular weight is 468 g/mol. The number of carbonyl (C=O) groups is 2. The van der Waals surface area contributed by atoms with E-state index >= 15 is 0 Å². The van der Waals surface area contributed by atoms with Crippen molar-refractivity contribution in [3.63, 3.8) is 0 Å². The minimum atomic E-state index is -1.01. The summed E-state index contributed by atoms with van der Waals surface area (Å²) in [5, 5.41) is 4.60. The molecule has 7 heteroatoms. The number of nitrogens with one attached hydrogen (secondary N) is 1. The number of amides is 1. The molecule has 0 saturated heterocycles. The third-order valence-corrected chi connectivity index (χ3v) is 5.40. The number of halogens is 1. The molecule has 0 bridgehead atoms. The number of fused-ring (bicyclic) bond motifs is 3. The lowest BCUT2D eigenvalue weighted by atomic mass is 10.1. The van der Waals surface area contributed by atoms with Crippen LogP contribution in [0.5, 0.6) is 5.75 Å². The fourth-order valence-corrected chi connectivity index (χ4v) is 3.60. The van der Waals surface area contributed by atoms with Crippen LogP contribution in [-0.2, 0) is 9.53 Å². The molecule has 0 aliphatic rings. The third-order valence-electron chi connectivity index (χ3n) is 4.70. The normalized spacial score (nSPS) is 12.0. The Morgan fingerprint density at radius 2 is 1.73 bits per heavy atom. The Balaban J connectivity index is 1.56. The highest BCUT2D eigenvalue weighted by Crippen LogP contribution is 2.36. The molecule has 4 aromatic rings. The van der Waals surface area contributed by atoms with Gasteiger partial charge in [0, 0.05) is 21.3 Å². The van der Waals surface area contributed by atoms with E-state index in [-0.39, 0.29) is 0 Å². The zero-order valence-electron chi connectivity index (χ0n) is 16.3. The minimum absolute atomic E-state index is 0.346. The standard InChI is InChI=1S/C23H18BrNO5/c1-13(29-23(27)15-8-3-5-9-17(15)24)22(26)25-18-12-20-16(11-21(18)28-2)14-7-4-6-10-19(14)30-20/h3-13H,1-2H3,(H,25,26)/t13-/m1/s1. The molecule has 1 N–H and O–H groups in total. The van der Waals surface area contributed by atoms with Gasteiger partial charge in [0.15, 0.2) is 6.10 Å². The van der Waals surface area contributed by atoms with Crippen LogP contribution in [0.15, 0.2) is 69.6 Å². The second-order valence-electron chi connectivity index (χ2n) is 6.66. The zero-order chi connectivity index (χ0) is 21.3. The molecule has 1 amide bonds. The zero-order valence-corrected chi connectivity index (χ0v) is 17.9. The average Bonchev–Trinajstić information content (AvgIpc) is 3.10. The van der Waals surface area contributed by atoms with Gasteiger partial charge in [0.2, 0.25) is 0 Å². The molecule has 0 fully saturated rings. The van der Waals surface area contributed by atoms with Gasteiger partial charge in [-0.05, 0) is 47.1 Å². The summed E-state index contributed by atoms with van der Waals surface area (Å²) in [6.45, 7) is 1.51. The predicted molar refractivity (Wildman–Crippen MR) is 118 cm³/mol. The molecular weight excluding hydrogens is 450 g/mol. The van der Waals surface area contributed by atoms with Gasteiger partial charge in [0.25, 0.3) is 5.91 Å². The van der Waals surface area contributed by atoms with Crippen molar-refractivity contribution in [2.75, 3.05) is 12.4 Å². The maximum absolute atomic E-state index is 12.7. The fourth-order valence-electron chi connectivity index (χ4n) is 3.16. The van der Waals surface area contributed by atoms with Gasteiger partial charge in [0.05, 0.1) is 18.4 Å². The molecule has 1 heterocycles. The van der Waals surface area contributed by atoms with Gasteiger partial charge >= 0.3 is 5.97 Å². The van der Waals surface area contributed by atoms with Crippen molar-refractivity contribution in [3.05, 3.63) is 70.7 Å². The molecule has 0 spiro atoms. The van der Waals surface area contributed by atoms with Gasteiger partial charge in [-0.3, -0.25) is 4.79 Å². The largest absolute Gasteiger partial charge is 0.495 e. The summed E-state index contributed by atoms with van der Waals surface area (Å²) in [6, 6.07) is 18.0. The van der Waals surface area contributed by atoms with Crippen LogP contribution in [-0.4, -0.2) is 25.1 Å². The smallest absolute Gasteiger partial charge is 0.340 e. The molecule has 0 aliphatic carbocycles. The van der Waals surface area contributed by atoms with Gasteiger partial charge < -0.3 is 19.2 Å². The Kier molecular flexibility index (Phi) is 5.46. The molecule has 0 saturated carbocycles. The lowest BCUT2D eigenvalue weighted by molar-refractivity contribution is -0.123. The number of carbonyl (C=O) groups excluding carboxylic acids is 2. The van der Waals surface area contributed by atoms with Crippen LogP contribution in [0, 0.1) is 0 Å². The molecule has 30 heavy (non-hydrogen) atoms. The van der Waals surface area contributed by atoms with Crippen LogP contribution in [0.25, 0.3) is 21.9 Å². The fraction of sp³-hybridized carbons (Fsp3) is 0.130. The topological polar surface area (TPSA) is 77.8 Å². The highest BCUT2D eigenvalue weighted by atomic mass is 79.9. The summed E-state index contributed by atoms with van der Waals surface area (Å²) >= 11 is 3.31. The second-order valence-corrected chi connectivity index (χ2v) is 7.52. The number of esters is 1. The van der Waals surface area contributed by atoms with Gasteiger partial charge in [-0.1, -0.05) is 30.3 Å². The summed E-state index contributed by atoms with van der Waals surface area (Å²) in [6.07, 6.45) is -1.01. The van der Waals surface area contributed by atoms with Crippen molar-refractivity contribution in [2.45, 2.75) is 13.0 Å². The molecule has 0 radical (unpaired) electrons. The van der Waals surface area contributed by atoms with Crippen molar-refractivity contribution in [3.8, 4) is 5.75 Å². The van der Waals surface area contributed by atoms with E-state index in [9.17, 15) is 9.59 Å². The third kappa shape index (κ3) is 3.76. The van der Waals surface area contributed by atoms with E-state index in [2.05, 4.69) is 21.2 Å². The van der Waals surface area contributed by atoms with Gasteiger partial charge in [0.1, 0.15) is 16.9 Å². The molecule has 0 unspecified atom stereocenters. The first-order chi connectivity index (χ1) is 14.5. The molecule has 4 rings (SSSR count). The van der Waals surface area contributed by atoms with Crippen LogP contribution in [0.2, 0.25) is 0 Å². The van der Waals surface area contributed by atoms with Gasteiger partial charge in [-0.2, -0.15) is 0 Å². The molecular formula is C23H18BrNO5. The van der Waals surface area contributed by atoms with Crippen LogP contribution in [0.1, 0.15) is 17.3 Å². The Morgan fingerprint density at radius 1 is 1.00 bits per heavy atom. The Bertz CT molecular complexity index is 1260. The molecule has 1 aromatic heterocycles. The van der Waals surface area contributed by atoms with Crippen LogP contribution >= 0.6 is 15.9 Å². The predicted octanol–water partition coefficient (Wildman–Crippen LogP) is 5.54. The van der Waals surface area contributed by atoms with Crippen LogP contribution in [0.3, 0.4) is 0 Å². The molecule has 152 valence electrons. The SMILES string of the molecule is COc1cc2c(cc1NC(=O)[C@@H](C)OC(=O)c1ccccc1Br)oc1ccccc12. The summed E-state index contributed by atoms with van der Waals surface area (Å²) in [7, 11) is 1.52. The molecule has 1 atom stereocenters. The van der Waals surface area contributed by atoms with Crippen LogP contribution in [0.4, 0.5) is 5.69 Å². The van der Waals surface area contributed by atoms with Gasteiger partial charge in [-0.15, -0.1) is 0 Å². The molecule has 6 nitrogen and oxygen atoms in total. The number of furan rings is 1. The monoisotopic (exact) mass is 467 g/mol. The second kappa shape index (κ2) is 8.20. The Labute approximate surface area is 180 Å². The highest BCUT2D eigenvalue weighted by Gasteiger charge is 2.22. The van der Waals surface area contributed by atoms with Crippen molar-refractivity contribution in [1.82, 2.24) is 0 Å². The Morgan fingerprint density at radius 3 is 2.50 bits per heavy atom. The van der Waals surface area contributed by atoms with E-state index in [0.717, 1.165) is 16.4 Å². The maximum atomic E-state index is 12.7. The number of methoxy groups -OCH3 is 1. The van der Waals surface area contributed by atoms with E-state index in [1.165, 1.54) is 14.0 Å². The van der Waals surface area contributed by atoms with E-state index in [0.29, 0.717) is 27.1 Å². The van der Waals surface area contributed by atoms with Crippen molar-refractivity contribution < 1.29 is 23.5 Å². The Hall–Kier alpha value is -3.32. The lowest BCUT2D eigenvalue weighted by Gasteiger charge is -2.15. The number of rotatable bonds is 5. The summed E-state index contributed by atoms with van der Waals surface area (Å²) in [4.78, 5) is 25.0.